The van der Waals surface area contributed by atoms with E-state index >= 15 is 0 Å². The Hall–Kier alpha value is -0.900. The number of hydrogen-bond donors (Lipinski definition) is 1. The summed E-state index contributed by atoms with van der Waals surface area (Å²) in [7, 11) is 1.82. The highest BCUT2D eigenvalue weighted by Crippen LogP contribution is 2.30. The van der Waals surface area contributed by atoms with Crippen molar-refractivity contribution in [3.05, 3.63) is 35.4 Å². The van der Waals surface area contributed by atoms with Gasteiger partial charge in [-0.1, -0.05) is 36.8 Å². The normalized spacial score (nSPS) is 27.2. The Kier molecular flexibility index (Phi) is 5.19. The number of methoxy groups -OCH3 is 1. The van der Waals surface area contributed by atoms with Crippen LogP contribution in [0.1, 0.15) is 37.4 Å². The molecular weight excluding hydrogens is 248 g/mol. The van der Waals surface area contributed by atoms with Crippen molar-refractivity contribution < 1.29 is 4.74 Å². The first-order chi connectivity index (χ1) is 9.52. The molecule has 0 amide bonds. The fraction of sp³-hybridized carbons (Fsp3) is 0.647. The summed E-state index contributed by atoms with van der Waals surface area (Å²) >= 11 is 0. The highest BCUT2D eigenvalue weighted by atomic mass is 16.5. The van der Waals surface area contributed by atoms with Gasteiger partial charge in [-0.25, -0.2) is 0 Å². The molecule has 1 fully saturated rings. The lowest BCUT2D eigenvalue weighted by atomic mass is 9.91. The number of piperidine rings is 1. The Morgan fingerprint density at radius 3 is 2.75 bits per heavy atom. The predicted molar refractivity (Wildman–Crippen MR) is 83.7 cm³/mol. The molecule has 0 aliphatic carbocycles. The summed E-state index contributed by atoms with van der Waals surface area (Å²) in [6, 6.07) is 9.11. The highest BCUT2D eigenvalue weighted by molar-refractivity contribution is 5.26. The van der Waals surface area contributed by atoms with Gasteiger partial charge in [0.1, 0.15) is 0 Å². The molecule has 0 spiro atoms. The van der Waals surface area contributed by atoms with E-state index in [-0.39, 0.29) is 12.1 Å². The average Bonchev–Trinajstić information content (AvgIpc) is 2.40. The third kappa shape index (κ3) is 3.40. The number of hydrogen-bond acceptors (Lipinski definition) is 3. The predicted octanol–water partition coefficient (Wildman–Crippen LogP) is 2.74. The van der Waals surface area contributed by atoms with Gasteiger partial charge in [0.05, 0.1) is 6.10 Å². The number of aryl methyl sites for hydroxylation is 1. The molecule has 0 aromatic heterocycles. The number of benzene rings is 1. The van der Waals surface area contributed by atoms with Crippen molar-refractivity contribution in [1.29, 1.82) is 0 Å². The van der Waals surface area contributed by atoms with E-state index in [1.165, 1.54) is 17.5 Å². The van der Waals surface area contributed by atoms with Gasteiger partial charge < -0.3 is 10.5 Å². The van der Waals surface area contributed by atoms with Gasteiger partial charge in [0.2, 0.25) is 0 Å². The van der Waals surface area contributed by atoms with Crippen LogP contribution >= 0.6 is 0 Å². The zero-order valence-corrected chi connectivity index (χ0v) is 13.2. The number of rotatable bonds is 4. The van der Waals surface area contributed by atoms with E-state index in [1.54, 1.807) is 0 Å². The molecule has 2 N–H and O–H groups in total. The van der Waals surface area contributed by atoms with Crippen molar-refractivity contribution in [3.63, 3.8) is 0 Å². The SMILES string of the molecule is COC1CN(C(c2cccc(C)c2)C(C)N)CCC1C. The molecule has 1 saturated heterocycles. The standard InChI is InChI=1S/C17H28N2O/c1-12-6-5-7-15(10-12)17(14(3)18)19-9-8-13(2)16(11-19)20-4/h5-7,10,13-14,16-17H,8-9,11,18H2,1-4H3. The highest BCUT2D eigenvalue weighted by Gasteiger charge is 2.32. The monoisotopic (exact) mass is 276 g/mol. The van der Waals surface area contributed by atoms with Crippen molar-refractivity contribution in [2.75, 3.05) is 20.2 Å². The van der Waals surface area contributed by atoms with Crippen LogP contribution in [0.3, 0.4) is 0 Å². The molecule has 3 nitrogen and oxygen atoms in total. The van der Waals surface area contributed by atoms with Gasteiger partial charge in [-0.15, -0.1) is 0 Å². The van der Waals surface area contributed by atoms with Gasteiger partial charge in [0, 0.05) is 25.7 Å². The zero-order valence-electron chi connectivity index (χ0n) is 13.2. The first-order valence-corrected chi connectivity index (χ1v) is 7.62. The molecule has 1 aromatic rings. The molecule has 1 heterocycles. The lowest BCUT2D eigenvalue weighted by Gasteiger charge is -2.42. The Bertz CT molecular complexity index is 433. The van der Waals surface area contributed by atoms with Gasteiger partial charge in [-0.2, -0.15) is 0 Å². The number of likely N-dealkylation sites (tertiary alicyclic amines) is 1. The topological polar surface area (TPSA) is 38.5 Å². The van der Waals surface area contributed by atoms with Gasteiger partial charge >= 0.3 is 0 Å². The van der Waals surface area contributed by atoms with Crippen LogP contribution in [0.2, 0.25) is 0 Å². The first kappa shape index (κ1) is 15.5. The largest absolute Gasteiger partial charge is 0.380 e. The van der Waals surface area contributed by atoms with E-state index < -0.39 is 0 Å². The molecule has 0 radical (unpaired) electrons. The van der Waals surface area contributed by atoms with Crippen molar-refractivity contribution in [2.24, 2.45) is 11.7 Å². The van der Waals surface area contributed by atoms with E-state index in [2.05, 4.69) is 49.9 Å². The third-order valence-electron chi connectivity index (χ3n) is 4.50. The first-order valence-electron chi connectivity index (χ1n) is 7.62. The van der Waals surface area contributed by atoms with E-state index in [0.29, 0.717) is 12.0 Å². The van der Waals surface area contributed by atoms with E-state index in [0.717, 1.165) is 13.1 Å². The summed E-state index contributed by atoms with van der Waals surface area (Å²) in [5.41, 5.74) is 8.91. The zero-order chi connectivity index (χ0) is 14.7. The van der Waals surface area contributed by atoms with Gasteiger partial charge in [0.25, 0.3) is 0 Å². The van der Waals surface area contributed by atoms with Crippen LogP contribution in [-0.2, 0) is 4.74 Å². The third-order valence-corrected chi connectivity index (χ3v) is 4.50. The minimum Gasteiger partial charge on any atom is -0.380 e. The molecule has 1 aliphatic rings. The summed E-state index contributed by atoms with van der Waals surface area (Å²) < 4.78 is 5.64. The quantitative estimate of drug-likeness (QED) is 0.919. The van der Waals surface area contributed by atoms with Crippen molar-refractivity contribution in [1.82, 2.24) is 4.90 Å². The second-order valence-electron chi connectivity index (χ2n) is 6.25. The summed E-state index contributed by atoms with van der Waals surface area (Å²) in [5, 5.41) is 0. The maximum atomic E-state index is 6.29. The Morgan fingerprint density at radius 1 is 1.40 bits per heavy atom. The van der Waals surface area contributed by atoms with Crippen LogP contribution in [-0.4, -0.2) is 37.2 Å². The molecule has 1 aliphatic heterocycles. The van der Waals surface area contributed by atoms with Crippen molar-refractivity contribution in [2.45, 2.75) is 45.4 Å². The summed E-state index contributed by atoms with van der Waals surface area (Å²) in [6.45, 7) is 8.59. The molecule has 20 heavy (non-hydrogen) atoms. The van der Waals surface area contributed by atoms with Crippen LogP contribution < -0.4 is 5.73 Å². The van der Waals surface area contributed by atoms with Crippen LogP contribution in [0.5, 0.6) is 0 Å². The Morgan fingerprint density at radius 2 is 2.15 bits per heavy atom. The molecule has 0 bridgehead atoms. The minimum absolute atomic E-state index is 0.114. The summed E-state index contributed by atoms with van der Waals surface area (Å²) in [4.78, 5) is 2.49. The lowest BCUT2D eigenvalue weighted by Crippen LogP contribution is -2.49. The molecular formula is C17H28N2O. The van der Waals surface area contributed by atoms with E-state index in [9.17, 15) is 0 Å². The fourth-order valence-electron chi connectivity index (χ4n) is 3.32. The minimum atomic E-state index is 0.114. The average molecular weight is 276 g/mol. The second-order valence-corrected chi connectivity index (χ2v) is 6.25. The van der Waals surface area contributed by atoms with E-state index in [4.69, 9.17) is 10.5 Å². The fourth-order valence-corrected chi connectivity index (χ4v) is 3.32. The molecule has 3 heteroatoms. The molecule has 112 valence electrons. The van der Waals surface area contributed by atoms with Crippen LogP contribution in [0.4, 0.5) is 0 Å². The number of nitrogens with two attached hydrogens (primary N) is 1. The molecule has 0 saturated carbocycles. The molecule has 4 atom stereocenters. The van der Waals surface area contributed by atoms with E-state index in [1.807, 2.05) is 7.11 Å². The second kappa shape index (κ2) is 6.70. The number of nitrogens with zero attached hydrogens (tertiary/aromatic N) is 1. The molecule has 1 aromatic carbocycles. The maximum Gasteiger partial charge on any atom is 0.0724 e. The smallest absolute Gasteiger partial charge is 0.0724 e. The lowest BCUT2D eigenvalue weighted by molar-refractivity contribution is -0.0224. The van der Waals surface area contributed by atoms with Gasteiger partial charge in [-0.05, 0) is 38.3 Å². The molecule has 2 rings (SSSR count). The van der Waals surface area contributed by atoms with Crippen LogP contribution in [0.25, 0.3) is 0 Å². The maximum absolute atomic E-state index is 6.29. The summed E-state index contributed by atoms with van der Waals surface area (Å²) in [5.74, 6) is 0.627. The van der Waals surface area contributed by atoms with Crippen LogP contribution in [0.15, 0.2) is 24.3 Å². The Balaban J connectivity index is 2.21. The van der Waals surface area contributed by atoms with Gasteiger partial charge in [-0.3, -0.25) is 4.90 Å². The Labute approximate surface area is 123 Å². The number of ether oxygens (including phenoxy) is 1. The van der Waals surface area contributed by atoms with Crippen LogP contribution in [0, 0.1) is 12.8 Å². The van der Waals surface area contributed by atoms with Crippen molar-refractivity contribution >= 4 is 0 Å². The summed E-state index contributed by atoms with van der Waals surface area (Å²) in [6.07, 6.45) is 1.49. The molecule has 4 unspecified atom stereocenters. The van der Waals surface area contributed by atoms with Crippen molar-refractivity contribution in [3.8, 4) is 0 Å². The van der Waals surface area contributed by atoms with Gasteiger partial charge in [0.15, 0.2) is 0 Å².